The third-order valence-electron chi connectivity index (χ3n) is 4.79. The molecule has 0 spiro atoms. The van der Waals surface area contributed by atoms with E-state index in [2.05, 4.69) is 40.9 Å². The lowest BCUT2D eigenvalue weighted by molar-refractivity contribution is 0.164. The molecule has 34 heavy (non-hydrogen) atoms. The Bertz CT molecular complexity index is 1260. The topological polar surface area (TPSA) is 126 Å². The Balaban J connectivity index is 1.90. The van der Waals surface area contributed by atoms with Gasteiger partial charge in [-0.15, -0.1) is 4.36 Å². The van der Waals surface area contributed by atoms with Crippen molar-refractivity contribution in [3.63, 3.8) is 0 Å². The number of nitrogens with zero attached hydrogens (tertiary/aromatic N) is 3. The molecule has 0 bridgehead atoms. The summed E-state index contributed by atoms with van der Waals surface area (Å²) in [4.78, 5) is 21.1. The van der Waals surface area contributed by atoms with Crippen molar-refractivity contribution >= 4 is 60.5 Å². The average Bonchev–Trinajstić information content (AvgIpc) is 3.32. The van der Waals surface area contributed by atoms with Crippen LogP contribution in [0.2, 0.25) is 0 Å². The van der Waals surface area contributed by atoms with E-state index in [9.17, 15) is 14.1 Å². The highest BCUT2D eigenvalue weighted by Gasteiger charge is 2.16. The Morgan fingerprint density at radius 2 is 2.15 bits per heavy atom. The third kappa shape index (κ3) is 6.53. The SMILES string of the molecule is CCOC(=O)N=S(C)(=O)c1ccc(Nc2ncc(-c3ccsc3)c(N[C@H](CC)CO)n2)cc1Br. The Hall–Kier alpha value is -2.54. The predicted molar refractivity (Wildman–Crippen MR) is 139 cm³/mol. The lowest BCUT2D eigenvalue weighted by atomic mass is 10.1. The molecule has 2 heterocycles. The van der Waals surface area contributed by atoms with Gasteiger partial charge in [-0.3, -0.25) is 0 Å². The monoisotopic (exact) mass is 567 g/mol. The van der Waals surface area contributed by atoms with Gasteiger partial charge >= 0.3 is 6.09 Å². The maximum Gasteiger partial charge on any atom is 0.442 e. The Kier molecular flexibility index (Phi) is 9.00. The first-order valence-corrected chi connectivity index (χ1v) is 14.2. The van der Waals surface area contributed by atoms with Gasteiger partial charge in [0.1, 0.15) is 5.82 Å². The summed E-state index contributed by atoms with van der Waals surface area (Å²) in [5.41, 5.74) is 2.47. The smallest absolute Gasteiger partial charge is 0.442 e. The summed E-state index contributed by atoms with van der Waals surface area (Å²) >= 11 is 5.00. The Labute approximate surface area is 211 Å². The van der Waals surface area contributed by atoms with E-state index < -0.39 is 15.8 Å². The van der Waals surface area contributed by atoms with E-state index in [4.69, 9.17) is 4.74 Å². The number of aliphatic hydroxyl groups excluding tert-OH is 1. The van der Waals surface area contributed by atoms with Crippen LogP contribution in [-0.4, -0.2) is 50.9 Å². The van der Waals surface area contributed by atoms with Gasteiger partial charge in [0.15, 0.2) is 0 Å². The van der Waals surface area contributed by atoms with Gasteiger partial charge < -0.3 is 20.5 Å². The van der Waals surface area contributed by atoms with Crippen LogP contribution in [0.5, 0.6) is 0 Å². The number of carbonyl (C=O) groups excluding carboxylic acids is 1. The second kappa shape index (κ2) is 11.7. The van der Waals surface area contributed by atoms with Crippen LogP contribution < -0.4 is 10.6 Å². The molecule has 9 nitrogen and oxygen atoms in total. The van der Waals surface area contributed by atoms with E-state index in [0.29, 0.717) is 26.8 Å². The number of rotatable bonds is 9. The van der Waals surface area contributed by atoms with Crippen molar-refractivity contribution in [1.29, 1.82) is 0 Å². The summed E-state index contributed by atoms with van der Waals surface area (Å²) in [6, 6.07) is 6.88. The van der Waals surface area contributed by atoms with Crippen LogP contribution in [-0.2, 0) is 14.5 Å². The number of aliphatic hydroxyl groups is 1. The quantitative estimate of drug-likeness (QED) is 0.309. The molecular weight excluding hydrogens is 542 g/mol. The maximum atomic E-state index is 12.9. The predicted octanol–water partition coefficient (Wildman–Crippen LogP) is 5.51. The number of hydrogen-bond acceptors (Lipinski definition) is 9. The van der Waals surface area contributed by atoms with Gasteiger partial charge in [0.2, 0.25) is 5.95 Å². The van der Waals surface area contributed by atoms with E-state index >= 15 is 0 Å². The van der Waals surface area contributed by atoms with Gasteiger partial charge in [-0.05, 0) is 69.9 Å². The highest BCUT2D eigenvalue weighted by atomic mass is 79.9. The number of aromatic nitrogens is 2. The van der Waals surface area contributed by atoms with Crippen molar-refractivity contribution in [2.24, 2.45) is 4.36 Å². The number of amides is 1. The molecule has 0 fully saturated rings. The van der Waals surface area contributed by atoms with Crippen LogP contribution in [0.25, 0.3) is 11.1 Å². The van der Waals surface area contributed by atoms with E-state index in [0.717, 1.165) is 17.5 Å². The van der Waals surface area contributed by atoms with Gasteiger partial charge in [0.05, 0.1) is 33.9 Å². The average molecular weight is 569 g/mol. The number of anilines is 3. The fourth-order valence-corrected chi connectivity index (χ4v) is 6.12. The zero-order valence-electron chi connectivity index (χ0n) is 18.9. The third-order valence-corrected chi connectivity index (χ3v) is 8.06. The molecule has 3 rings (SSSR count). The molecule has 0 saturated heterocycles. The largest absolute Gasteiger partial charge is 0.448 e. The van der Waals surface area contributed by atoms with Crippen LogP contribution >= 0.6 is 27.3 Å². The first kappa shape index (κ1) is 26.1. The van der Waals surface area contributed by atoms with E-state index in [1.807, 2.05) is 23.8 Å². The lowest BCUT2D eigenvalue weighted by Gasteiger charge is -2.18. The zero-order chi connectivity index (χ0) is 24.7. The van der Waals surface area contributed by atoms with Gasteiger partial charge in [0, 0.05) is 28.2 Å². The van der Waals surface area contributed by atoms with Crippen LogP contribution in [0.15, 0.2) is 55.0 Å². The van der Waals surface area contributed by atoms with Crippen molar-refractivity contribution in [1.82, 2.24) is 9.97 Å². The van der Waals surface area contributed by atoms with Gasteiger partial charge in [-0.25, -0.2) is 14.0 Å². The molecule has 1 aromatic carbocycles. The number of nitrogens with one attached hydrogen (secondary N) is 2. The highest BCUT2D eigenvalue weighted by molar-refractivity contribution is 9.10. The number of hydrogen-bond donors (Lipinski definition) is 3. The maximum absolute atomic E-state index is 12.9. The molecule has 0 radical (unpaired) electrons. The molecule has 0 aliphatic carbocycles. The highest BCUT2D eigenvalue weighted by Crippen LogP contribution is 2.31. The second-order valence-corrected chi connectivity index (χ2v) is 11.1. The minimum Gasteiger partial charge on any atom is -0.448 e. The zero-order valence-corrected chi connectivity index (χ0v) is 22.2. The molecule has 12 heteroatoms. The van der Waals surface area contributed by atoms with Crippen molar-refractivity contribution in [3.8, 4) is 11.1 Å². The van der Waals surface area contributed by atoms with E-state index in [-0.39, 0.29) is 19.3 Å². The van der Waals surface area contributed by atoms with E-state index in [1.54, 1.807) is 42.7 Å². The molecular formula is C22H26BrN5O4S2. The number of carbonyl (C=O) groups is 1. The Morgan fingerprint density at radius 1 is 1.35 bits per heavy atom. The lowest BCUT2D eigenvalue weighted by Crippen LogP contribution is -2.24. The number of thiophene rings is 1. The standard InChI is InChI=1S/C22H26BrN5O4S2/c1-4-15(12-29)25-20-17(14-8-9-33-13-14)11-24-21(27-20)26-16-6-7-19(18(23)10-16)34(3,31)28-22(30)32-5-2/h6-11,13,15,29H,4-5,12H2,1-3H3,(H2,24,25,26,27)/t15-,34?/m1/s1. The summed E-state index contributed by atoms with van der Waals surface area (Å²) in [6.45, 7) is 3.77. The first-order chi connectivity index (χ1) is 16.3. The number of halogens is 1. The van der Waals surface area contributed by atoms with Crippen molar-refractivity contribution < 1.29 is 18.8 Å². The fourth-order valence-electron chi connectivity index (χ4n) is 3.01. The van der Waals surface area contributed by atoms with Crippen LogP contribution in [0.1, 0.15) is 20.3 Å². The van der Waals surface area contributed by atoms with Crippen LogP contribution in [0.3, 0.4) is 0 Å². The molecule has 2 aromatic heterocycles. The van der Waals surface area contributed by atoms with Gasteiger partial charge in [0.25, 0.3) is 0 Å². The minimum atomic E-state index is -3.00. The Morgan fingerprint density at radius 3 is 2.76 bits per heavy atom. The van der Waals surface area contributed by atoms with E-state index in [1.165, 1.54) is 6.26 Å². The summed E-state index contributed by atoms with van der Waals surface area (Å²) < 4.78 is 21.9. The minimum absolute atomic E-state index is 0.0199. The normalized spacial score (nSPS) is 13.6. The molecule has 1 amide bonds. The first-order valence-electron chi connectivity index (χ1n) is 10.5. The molecule has 1 unspecified atom stereocenters. The summed E-state index contributed by atoms with van der Waals surface area (Å²) in [5, 5.41) is 20.1. The number of benzene rings is 1. The van der Waals surface area contributed by atoms with Gasteiger partial charge in [-0.2, -0.15) is 16.3 Å². The second-order valence-electron chi connectivity index (χ2n) is 7.26. The molecule has 0 aliphatic heterocycles. The van der Waals surface area contributed by atoms with Crippen LogP contribution in [0, 0.1) is 0 Å². The molecule has 0 aliphatic rings. The van der Waals surface area contributed by atoms with Crippen molar-refractivity contribution in [2.45, 2.75) is 31.2 Å². The summed E-state index contributed by atoms with van der Waals surface area (Å²) in [6.07, 6.45) is 2.97. The fraction of sp³-hybridized carbons (Fsp3) is 0.318. The summed E-state index contributed by atoms with van der Waals surface area (Å²) in [5.74, 6) is 0.958. The van der Waals surface area contributed by atoms with Crippen molar-refractivity contribution in [2.75, 3.05) is 30.1 Å². The van der Waals surface area contributed by atoms with Gasteiger partial charge in [-0.1, -0.05) is 6.92 Å². The van der Waals surface area contributed by atoms with Crippen LogP contribution in [0.4, 0.5) is 22.2 Å². The van der Waals surface area contributed by atoms with Crippen molar-refractivity contribution in [3.05, 3.63) is 45.7 Å². The molecule has 0 saturated carbocycles. The molecule has 3 aromatic rings. The summed E-state index contributed by atoms with van der Waals surface area (Å²) in [7, 11) is -3.00. The molecule has 2 atom stereocenters. The molecule has 182 valence electrons. The molecule has 3 N–H and O–H groups in total. The number of ether oxygens (including phenoxy) is 1.